The molecule has 3 N–H and O–H groups in total. The second kappa shape index (κ2) is 9.28. The van der Waals surface area contributed by atoms with Gasteiger partial charge < -0.3 is 20.1 Å². The third-order valence-electron chi connectivity index (χ3n) is 0.804. The van der Waals surface area contributed by atoms with Gasteiger partial charge in [0.2, 0.25) is 0 Å². The molecule has 1 atom stereocenters. The highest BCUT2D eigenvalue weighted by Crippen LogP contribution is 1.91. The summed E-state index contributed by atoms with van der Waals surface area (Å²) in [6.07, 6.45) is -1.76. The average molecular weight is 194 g/mol. The zero-order valence-electron chi connectivity index (χ0n) is 8.23. The highest BCUT2D eigenvalue weighted by Gasteiger charge is 1.97. The standard InChI is InChI=1S/C5H10O3.C3H8O2/c1-4(2)3-8-5(6)7;1-3(5)2-4/h4H,3H2,1-2H3,(H,6,7);3-5H,2H2,1H3. The number of aliphatic hydroxyl groups excluding tert-OH is 2. The van der Waals surface area contributed by atoms with Crippen molar-refractivity contribution in [2.24, 2.45) is 5.92 Å². The number of aliphatic hydroxyl groups is 2. The predicted octanol–water partition coefficient (Wildman–Crippen LogP) is 0.696. The lowest BCUT2D eigenvalue weighted by Gasteiger charge is -2.00. The van der Waals surface area contributed by atoms with Gasteiger partial charge in [0.25, 0.3) is 0 Å². The minimum atomic E-state index is -1.20. The summed E-state index contributed by atoms with van der Waals surface area (Å²) in [6.45, 7) is 5.46. The summed E-state index contributed by atoms with van der Waals surface area (Å²) in [7, 11) is 0. The summed E-state index contributed by atoms with van der Waals surface area (Å²) in [6, 6.07) is 0. The normalized spacial score (nSPS) is 11.5. The minimum Gasteiger partial charge on any atom is -0.450 e. The molecule has 0 aromatic carbocycles. The van der Waals surface area contributed by atoms with E-state index in [4.69, 9.17) is 15.3 Å². The maximum absolute atomic E-state index is 9.68. The third-order valence-corrected chi connectivity index (χ3v) is 0.804. The molecule has 0 aliphatic heterocycles. The van der Waals surface area contributed by atoms with Gasteiger partial charge >= 0.3 is 6.16 Å². The fourth-order valence-corrected chi connectivity index (χ4v) is 0.238. The topological polar surface area (TPSA) is 87.0 Å². The van der Waals surface area contributed by atoms with Gasteiger partial charge in [0.05, 0.1) is 19.3 Å². The van der Waals surface area contributed by atoms with Crippen molar-refractivity contribution < 1.29 is 24.9 Å². The Balaban J connectivity index is 0. The number of hydrogen-bond donors (Lipinski definition) is 3. The molecule has 0 saturated carbocycles. The Bertz CT molecular complexity index is 122. The van der Waals surface area contributed by atoms with Crippen molar-refractivity contribution in [3.63, 3.8) is 0 Å². The first-order valence-corrected chi connectivity index (χ1v) is 4.04. The van der Waals surface area contributed by atoms with Crippen LogP contribution in [0, 0.1) is 5.92 Å². The fraction of sp³-hybridized carbons (Fsp3) is 0.875. The summed E-state index contributed by atoms with van der Waals surface area (Å²) in [5.74, 6) is 0.283. The molecule has 80 valence electrons. The molecule has 0 aliphatic rings. The molecule has 0 fully saturated rings. The Kier molecular flexibility index (Phi) is 10.5. The second-order valence-corrected chi connectivity index (χ2v) is 3.00. The first kappa shape index (κ1) is 14.7. The third kappa shape index (κ3) is 24.7. The van der Waals surface area contributed by atoms with Gasteiger partial charge in [0.15, 0.2) is 0 Å². The largest absolute Gasteiger partial charge is 0.505 e. The van der Waals surface area contributed by atoms with Gasteiger partial charge in [-0.25, -0.2) is 4.79 Å². The van der Waals surface area contributed by atoms with Crippen molar-refractivity contribution >= 4 is 6.16 Å². The van der Waals surface area contributed by atoms with Crippen LogP contribution in [-0.4, -0.2) is 40.8 Å². The SMILES string of the molecule is CC(C)COC(=O)O.CC(O)CO. The molecule has 0 aliphatic carbocycles. The molecule has 13 heavy (non-hydrogen) atoms. The van der Waals surface area contributed by atoms with E-state index < -0.39 is 12.3 Å². The van der Waals surface area contributed by atoms with Crippen molar-refractivity contribution in [1.29, 1.82) is 0 Å². The van der Waals surface area contributed by atoms with Crippen LogP contribution >= 0.6 is 0 Å². The smallest absolute Gasteiger partial charge is 0.450 e. The number of rotatable bonds is 3. The van der Waals surface area contributed by atoms with Crippen LogP contribution in [-0.2, 0) is 4.74 Å². The van der Waals surface area contributed by atoms with Crippen molar-refractivity contribution in [1.82, 2.24) is 0 Å². The zero-order chi connectivity index (χ0) is 10.9. The van der Waals surface area contributed by atoms with Crippen molar-refractivity contribution in [2.75, 3.05) is 13.2 Å². The monoisotopic (exact) mass is 194 g/mol. The Morgan fingerprint density at radius 2 is 1.77 bits per heavy atom. The van der Waals surface area contributed by atoms with Gasteiger partial charge in [0.1, 0.15) is 0 Å². The van der Waals surface area contributed by atoms with E-state index in [0.717, 1.165) is 0 Å². The summed E-state index contributed by atoms with van der Waals surface area (Å²) < 4.78 is 4.22. The lowest BCUT2D eigenvalue weighted by molar-refractivity contribution is 0.0814. The molecule has 0 aromatic rings. The highest BCUT2D eigenvalue weighted by atomic mass is 16.7. The van der Waals surface area contributed by atoms with Gasteiger partial charge in [-0.15, -0.1) is 0 Å². The van der Waals surface area contributed by atoms with E-state index in [2.05, 4.69) is 4.74 Å². The van der Waals surface area contributed by atoms with Crippen molar-refractivity contribution in [3.8, 4) is 0 Å². The van der Waals surface area contributed by atoms with E-state index >= 15 is 0 Å². The summed E-state index contributed by atoms with van der Waals surface area (Å²) in [4.78, 5) is 9.68. The molecule has 0 spiro atoms. The molecule has 0 amide bonds. The Morgan fingerprint density at radius 3 is 1.85 bits per heavy atom. The Morgan fingerprint density at radius 1 is 1.38 bits per heavy atom. The summed E-state index contributed by atoms with van der Waals surface area (Å²) in [5.41, 5.74) is 0. The van der Waals surface area contributed by atoms with Crippen LogP contribution in [0.2, 0.25) is 0 Å². The van der Waals surface area contributed by atoms with Crippen molar-refractivity contribution in [2.45, 2.75) is 26.9 Å². The number of hydrogen-bond acceptors (Lipinski definition) is 4. The molecule has 0 aromatic heterocycles. The average Bonchev–Trinajstić information content (AvgIpc) is 2.02. The maximum atomic E-state index is 9.68. The van der Waals surface area contributed by atoms with Gasteiger partial charge in [-0.1, -0.05) is 13.8 Å². The molecular formula is C8H18O5. The van der Waals surface area contributed by atoms with E-state index in [1.807, 2.05) is 13.8 Å². The van der Waals surface area contributed by atoms with Gasteiger partial charge in [-0.05, 0) is 12.8 Å². The van der Waals surface area contributed by atoms with Gasteiger partial charge in [0, 0.05) is 0 Å². The molecule has 1 unspecified atom stereocenters. The van der Waals surface area contributed by atoms with Crippen LogP contribution in [0.5, 0.6) is 0 Å². The van der Waals surface area contributed by atoms with E-state index in [9.17, 15) is 4.79 Å². The lowest BCUT2D eigenvalue weighted by Crippen LogP contribution is -2.06. The Hall–Kier alpha value is -0.810. The summed E-state index contributed by atoms with van der Waals surface area (Å²) in [5, 5.41) is 23.9. The number of carbonyl (C=O) groups is 1. The first-order valence-electron chi connectivity index (χ1n) is 4.04. The van der Waals surface area contributed by atoms with Crippen LogP contribution < -0.4 is 0 Å². The minimum absolute atomic E-state index is 0.139. The lowest BCUT2D eigenvalue weighted by atomic mass is 10.2. The molecular weight excluding hydrogens is 176 g/mol. The van der Waals surface area contributed by atoms with Gasteiger partial charge in [-0.3, -0.25) is 0 Å². The second-order valence-electron chi connectivity index (χ2n) is 3.00. The molecule has 0 bridgehead atoms. The molecule has 5 nitrogen and oxygen atoms in total. The molecule has 0 rings (SSSR count). The highest BCUT2D eigenvalue weighted by molar-refractivity contribution is 5.56. The van der Waals surface area contributed by atoms with Crippen LogP contribution in [0.15, 0.2) is 0 Å². The van der Waals surface area contributed by atoms with Crippen molar-refractivity contribution in [3.05, 3.63) is 0 Å². The quantitative estimate of drug-likeness (QED) is 0.575. The number of carboxylic acid groups (broad SMARTS) is 1. The molecule has 0 saturated heterocycles. The van der Waals surface area contributed by atoms with Crippen LogP contribution in [0.25, 0.3) is 0 Å². The van der Waals surface area contributed by atoms with E-state index in [1.54, 1.807) is 0 Å². The Labute approximate surface area is 78.0 Å². The van der Waals surface area contributed by atoms with E-state index in [0.29, 0.717) is 0 Å². The molecule has 0 heterocycles. The first-order chi connectivity index (χ1) is 5.90. The van der Waals surface area contributed by atoms with Crippen LogP contribution in [0.1, 0.15) is 20.8 Å². The van der Waals surface area contributed by atoms with E-state index in [1.165, 1.54) is 6.92 Å². The zero-order valence-corrected chi connectivity index (χ0v) is 8.23. The maximum Gasteiger partial charge on any atom is 0.505 e. The van der Waals surface area contributed by atoms with Gasteiger partial charge in [-0.2, -0.15) is 0 Å². The molecule has 5 heteroatoms. The van der Waals surface area contributed by atoms with Crippen LogP contribution in [0.4, 0.5) is 4.79 Å². The number of ether oxygens (including phenoxy) is 1. The fourth-order valence-electron chi connectivity index (χ4n) is 0.238. The molecule has 0 radical (unpaired) electrons. The summed E-state index contributed by atoms with van der Waals surface area (Å²) >= 11 is 0. The van der Waals surface area contributed by atoms with E-state index in [-0.39, 0.29) is 19.1 Å². The predicted molar refractivity (Wildman–Crippen MR) is 47.6 cm³/mol. The van der Waals surface area contributed by atoms with Crippen LogP contribution in [0.3, 0.4) is 0 Å².